The minimum Gasteiger partial charge on any atom is -0.496 e. The summed E-state index contributed by atoms with van der Waals surface area (Å²) in [6.45, 7) is 4.02. The van der Waals surface area contributed by atoms with Gasteiger partial charge in [0.25, 0.3) is 0 Å². The van der Waals surface area contributed by atoms with Crippen LogP contribution < -0.4 is 15.2 Å². The number of ether oxygens (including phenoxy) is 2. The summed E-state index contributed by atoms with van der Waals surface area (Å²) in [7, 11) is 1.39. The molecule has 0 aliphatic rings. The first kappa shape index (κ1) is 21.8. The van der Waals surface area contributed by atoms with Crippen molar-refractivity contribution in [1.29, 1.82) is 0 Å². The lowest BCUT2D eigenvalue weighted by atomic mass is 9.95. The Bertz CT molecular complexity index is 484. The zero-order chi connectivity index (χ0) is 16.9. The topological polar surface area (TPSA) is 64.7 Å². The van der Waals surface area contributed by atoms with Crippen LogP contribution in [-0.4, -0.2) is 24.7 Å². The monoisotopic (exact) mass is 357 g/mol. The molecule has 0 aliphatic heterocycles. The van der Waals surface area contributed by atoms with Crippen LogP contribution in [0.3, 0.4) is 0 Å². The molecule has 4 nitrogen and oxygen atoms in total. The Hall–Kier alpha value is -1.18. The highest BCUT2D eigenvalue weighted by Crippen LogP contribution is 2.33. The zero-order valence-corrected chi connectivity index (χ0v) is 14.1. The van der Waals surface area contributed by atoms with Crippen LogP contribution in [0.5, 0.6) is 11.5 Å². The fourth-order valence-electron chi connectivity index (χ4n) is 2.06. The van der Waals surface area contributed by atoms with Crippen molar-refractivity contribution in [2.75, 3.05) is 7.11 Å². The van der Waals surface area contributed by atoms with Gasteiger partial charge in [-0.25, -0.2) is 0 Å². The summed E-state index contributed by atoms with van der Waals surface area (Å²) < 4.78 is 45.8. The number of nitrogens with two attached hydrogens (primary N) is 1. The predicted molar refractivity (Wildman–Crippen MR) is 83.9 cm³/mol. The second kappa shape index (κ2) is 9.20. The quantitative estimate of drug-likeness (QED) is 0.778. The lowest BCUT2D eigenvalue weighted by Crippen LogP contribution is -2.27. The van der Waals surface area contributed by atoms with E-state index >= 15 is 0 Å². The number of aliphatic hydroxyl groups excluding tert-OH is 1. The number of hydrogen-bond donors (Lipinski definition) is 2. The number of aliphatic hydroxyl groups is 1. The fraction of sp³-hybridized carbons (Fsp3) is 0.600. The van der Waals surface area contributed by atoms with Crippen molar-refractivity contribution in [2.24, 2.45) is 11.7 Å². The molecule has 0 saturated heterocycles. The van der Waals surface area contributed by atoms with Gasteiger partial charge >= 0.3 is 6.36 Å². The third-order valence-electron chi connectivity index (χ3n) is 3.25. The van der Waals surface area contributed by atoms with Crippen LogP contribution in [0.15, 0.2) is 18.2 Å². The van der Waals surface area contributed by atoms with E-state index in [-0.39, 0.29) is 18.0 Å². The van der Waals surface area contributed by atoms with Crippen molar-refractivity contribution < 1.29 is 27.8 Å². The van der Waals surface area contributed by atoms with E-state index in [1.54, 1.807) is 0 Å². The molecule has 2 atom stereocenters. The highest BCUT2D eigenvalue weighted by atomic mass is 35.5. The SMILES string of the molecule is COc1ccc(OC(F)(F)F)cc1[C@H](N)[C@H](O)CCC(C)C.Cl. The second-order valence-electron chi connectivity index (χ2n) is 5.52. The Morgan fingerprint density at radius 3 is 2.30 bits per heavy atom. The van der Waals surface area contributed by atoms with E-state index < -0.39 is 24.3 Å². The summed E-state index contributed by atoms with van der Waals surface area (Å²) in [5.41, 5.74) is 6.25. The summed E-state index contributed by atoms with van der Waals surface area (Å²) in [4.78, 5) is 0. The number of alkyl halides is 3. The Morgan fingerprint density at radius 2 is 1.83 bits per heavy atom. The van der Waals surface area contributed by atoms with Crippen molar-refractivity contribution in [3.05, 3.63) is 23.8 Å². The molecule has 0 heterocycles. The van der Waals surface area contributed by atoms with Gasteiger partial charge in [0, 0.05) is 5.56 Å². The Balaban J connectivity index is 0.00000484. The first-order valence-corrected chi connectivity index (χ1v) is 7.01. The van der Waals surface area contributed by atoms with Crippen molar-refractivity contribution in [1.82, 2.24) is 0 Å². The van der Waals surface area contributed by atoms with Crippen LogP contribution >= 0.6 is 12.4 Å². The van der Waals surface area contributed by atoms with Crippen LogP contribution in [0.2, 0.25) is 0 Å². The zero-order valence-electron chi connectivity index (χ0n) is 13.3. The van der Waals surface area contributed by atoms with Gasteiger partial charge in [0.2, 0.25) is 0 Å². The summed E-state index contributed by atoms with van der Waals surface area (Å²) in [5.74, 6) is 0.309. The maximum Gasteiger partial charge on any atom is 0.573 e. The predicted octanol–water partition coefficient (Wildman–Crippen LogP) is 3.81. The number of benzene rings is 1. The second-order valence-corrected chi connectivity index (χ2v) is 5.52. The summed E-state index contributed by atoms with van der Waals surface area (Å²) in [6.07, 6.45) is -4.45. The number of hydrogen-bond acceptors (Lipinski definition) is 4. The van der Waals surface area contributed by atoms with E-state index in [4.69, 9.17) is 10.5 Å². The molecule has 0 radical (unpaired) electrons. The van der Waals surface area contributed by atoms with E-state index in [0.717, 1.165) is 18.6 Å². The minimum absolute atomic E-state index is 0. The standard InChI is InChI=1S/C15H22F3NO3.ClH/c1-9(2)4-6-12(20)14(19)11-8-10(22-15(16,17)18)5-7-13(11)21-3;/h5,7-9,12,14,20H,4,6,19H2,1-3H3;1H/t12-,14+;/m1./s1. The number of halogens is 4. The third kappa shape index (κ3) is 7.28. The average molecular weight is 358 g/mol. The Morgan fingerprint density at radius 1 is 1.22 bits per heavy atom. The van der Waals surface area contributed by atoms with Crippen LogP contribution in [0.1, 0.15) is 38.3 Å². The molecule has 0 aromatic heterocycles. The van der Waals surface area contributed by atoms with Gasteiger partial charge in [0.05, 0.1) is 19.3 Å². The van der Waals surface area contributed by atoms with Crippen LogP contribution in [-0.2, 0) is 0 Å². The molecule has 1 aromatic rings. The van der Waals surface area contributed by atoms with Gasteiger partial charge in [-0.1, -0.05) is 13.8 Å². The highest BCUT2D eigenvalue weighted by molar-refractivity contribution is 5.85. The third-order valence-corrected chi connectivity index (χ3v) is 3.25. The van der Waals surface area contributed by atoms with E-state index in [2.05, 4.69) is 4.74 Å². The van der Waals surface area contributed by atoms with Gasteiger partial charge < -0.3 is 20.3 Å². The Kier molecular flexibility index (Phi) is 8.73. The smallest absolute Gasteiger partial charge is 0.496 e. The van der Waals surface area contributed by atoms with Gasteiger partial charge in [0.1, 0.15) is 11.5 Å². The summed E-state index contributed by atoms with van der Waals surface area (Å²) >= 11 is 0. The molecule has 0 fully saturated rings. The average Bonchev–Trinajstić information content (AvgIpc) is 2.42. The van der Waals surface area contributed by atoms with Gasteiger partial charge in [-0.3, -0.25) is 0 Å². The largest absolute Gasteiger partial charge is 0.573 e. The molecule has 1 aromatic carbocycles. The van der Waals surface area contributed by atoms with Crippen LogP contribution in [0, 0.1) is 5.92 Å². The molecular weight excluding hydrogens is 335 g/mol. The van der Waals surface area contributed by atoms with E-state index in [9.17, 15) is 18.3 Å². The normalized spacial score (nSPS) is 14.1. The van der Waals surface area contributed by atoms with Crippen molar-refractivity contribution in [2.45, 2.75) is 45.2 Å². The number of methoxy groups -OCH3 is 1. The van der Waals surface area contributed by atoms with Crippen molar-refractivity contribution in [3.63, 3.8) is 0 Å². The van der Waals surface area contributed by atoms with Crippen molar-refractivity contribution >= 4 is 12.4 Å². The number of rotatable bonds is 7. The lowest BCUT2D eigenvalue weighted by molar-refractivity contribution is -0.274. The van der Waals surface area contributed by atoms with Gasteiger partial charge in [-0.2, -0.15) is 0 Å². The van der Waals surface area contributed by atoms with Gasteiger partial charge in [0.15, 0.2) is 0 Å². The molecular formula is C15H23ClF3NO3. The van der Waals surface area contributed by atoms with E-state index in [1.807, 2.05) is 13.8 Å². The molecule has 1 rings (SSSR count). The van der Waals surface area contributed by atoms with Crippen molar-refractivity contribution in [3.8, 4) is 11.5 Å². The fourth-order valence-corrected chi connectivity index (χ4v) is 2.06. The molecule has 0 saturated carbocycles. The lowest BCUT2D eigenvalue weighted by Gasteiger charge is -2.22. The summed E-state index contributed by atoms with van der Waals surface area (Å²) in [5, 5.41) is 10.1. The minimum atomic E-state index is -4.79. The van der Waals surface area contributed by atoms with E-state index in [0.29, 0.717) is 18.1 Å². The first-order chi connectivity index (χ1) is 10.1. The van der Waals surface area contributed by atoms with Gasteiger partial charge in [-0.15, -0.1) is 25.6 Å². The molecule has 0 amide bonds. The summed E-state index contributed by atoms with van der Waals surface area (Å²) in [6, 6.07) is 2.77. The molecule has 0 aliphatic carbocycles. The van der Waals surface area contributed by atoms with Crippen LogP contribution in [0.4, 0.5) is 13.2 Å². The first-order valence-electron chi connectivity index (χ1n) is 7.01. The maximum atomic E-state index is 12.3. The van der Waals surface area contributed by atoms with E-state index in [1.165, 1.54) is 13.2 Å². The van der Waals surface area contributed by atoms with Crippen LogP contribution in [0.25, 0.3) is 0 Å². The Labute approximate surface area is 140 Å². The van der Waals surface area contributed by atoms with Gasteiger partial charge in [-0.05, 0) is 37.0 Å². The molecule has 0 bridgehead atoms. The molecule has 0 unspecified atom stereocenters. The molecule has 0 spiro atoms. The molecule has 23 heavy (non-hydrogen) atoms. The highest BCUT2D eigenvalue weighted by Gasteiger charge is 2.32. The molecule has 3 N–H and O–H groups in total. The molecule has 134 valence electrons. The molecule has 8 heteroatoms. The maximum absolute atomic E-state index is 12.3.